The molecule has 13 heteroatoms. The van der Waals surface area contributed by atoms with E-state index in [0.717, 1.165) is 21.7 Å². The van der Waals surface area contributed by atoms with E-state index >= 15 is 0 Å². The maximum Gasteiger partial charge on any atom is 0.258 e. The summed E-state index contributed by atoms with van der Waals surface area (Å²) < 4.78 is 11.0. The first-order valence-electron chi connectivity index (χ1n) is 14.6. The number of nitrogens with zero attached hydrogens (tertiary/aromatic N) is 2. The van der Waals surface area contributed by atoms with E-state index in [9.17, 15) is 19.5 Å². The number of nitrogens with two attached hydrogens (primary N) is 1. The standard InChI is InChI=1S/C32H41N5O6S.ClH/c1-20-28(44-19-35-20)22-7-5-21(6-8-22)16-34-30(40)26-15-23(38)17-37(26)31(41)29(32(2,3)4)36-27(39)18-43-25-11-9-24(10-12-25)42-14-13-33;/h5-12,19,23,26,29,38H,13-18,33H2,1-4H3,(H,34,40)(H,36,39);1H. The van der Waals surface area contributed by atoms with Crippen molar-refractivity contribution in [3.63, 3.8) is 0 Å². The van der Waals surface area contributed by atoms with E-state index in [-0.39, 0.29) is 44.4 Å². The summed E-state index contributed by atoms with van der Waals surface area (Å²) >= 11 is 1.58. The van der Waals surface area contributed by atoms with Gasteiger partial charge in [-0.2, -0.15) is 0 Å². The van der Waals surface area contributed by atoms with Gasteiger partial charge >= 0.3 is 0 Å². The Labute approximate surface area is 273 Å². The fourth-order valence-electron chi connectivity index (χ4n) is 4.94. The van der Waals surface area contributed by atoms with E-state index in [1.54, 1.807) is 35.6 Å². The summed E-state index contributed by atoms with van der Waals surface area (Å²) in [6, 6.07) is 12.8. The highest BCUT2D eigenvalue weighted by molar-refractivity contribution is 7.13. The minimum Gasteiger partial charge on any atom is -0.492 e. The Balaban J connectivity index is 0.00000552. The second-order valence-electron chi connectivity index (χ2n) is 11.8. The summed E-state index contributed by atoms with van der Waals surface area (Å²) in [4.78, 5) is 46.7. The fraction of sp³-hybridized carbons (Fsp3) is 0.438. The molecular formula is C32H42ClN5O6S. The molecule has 1 fully saturated rings. The molecule has 45 heavy (non-hydrogen) atoms. The predicted octanol–water partition coefficient (Wildman–Crippen LogP) is 3.07. The number of likely N-dealkylation sites (tertiary alicyclic amines) is 1. The molecule has 1 saturated heterocycles. The molecule has 3 amide bonds. The van der Waals surface area contributed by atoms with Gasteiger partial charge in [0.15, 0.2) is 6.61 Å². The van der Waals surface area contributed by atoms with E-state index in [2.05, 4.69) is 15.6 Å². The average Bonchev–Trinajstić information content (AvgIpc) is 3.61. The lowest BCUT2D eigenvalue weighted by Crippen LogP contribution is -2.58. The first kappa shape index (κ1) is 35.8. The monoisotopic (exact) mass is 659 g/mol. The summed E-state index contributed by atoms with van der Waals surface area (Å²) in [7, 11) is 0. The number of hydrogen-bond acceptors (Lipinski definition) is 9. The van der Waals surface area contributed by atoms with Crippen molar-refractivity contribution in [1.82, 2.24) is 20.5 Å². The Hall–Kier alpha value is -3.71. The smallest absolute Gasteiger partial charge is 0.258 e. The molecule has 3 aromatic rings. The number of hydrogen-bond donors (Lipinski definition) is 4. The largest absolute Gasteiger partial charge is 0.492 e. The van der Waals surface area contributed by atoms with Gasteiger partial charge in [-0.25, -0.2) is 4.98 Å². The maximum atomic E-state index is 13.8. The van der Waals surface area contributed by atoms with Crippen LogP contribution in [0.5, 0.6) is 11.5 Å². The van der Waals surface area contributed by atoms with Crippen LogP contribution in [0.25, 0.3) is 10.4 Å². The number of rotatable bonds is 12. The molecule has 0 spiro atoms. The maximum absolute atomic E-state index is 13.8. The molecule has 244 valence electrons. The number of thiazole rings is 1. The van der Waals surface area contributed by atoms with Gasteiger partial charge in [-0.15, -0.1) is 23.7 Å². The Morgan fingerprint density at radius 3 is 2.31 bits per heavy atom. The van der Waals surface area contributed by atoms with Gasteiger partial charge in [0, 0.05) is 26.1 Å². The van der Waals surface area contributed by atoms with Crippen molar-refractivity contribution in [1.29, 1.82) is 0 Å². The number of carbonyl (C=O) groups is 3. The zero-order chi connectivity index (χ0) is 31.9. The number of benzene rings is 2. The molecule has 1 aliphatic rings. The summed E-state index contributed by atoms with van der Waals surface area (Å²) in [6.45, 7) is 8.20. The summed E-state index contributed by atoms with van der Waals surface area (Å²) in [6.07, 6.45) is -0.742. The van der Waals surface area contributed by atoms with Gasteiger partial charge in [0.2, 0.25) is 11.8 Å². The number of carbonyl (C=O) groups excluding carboxylic acids is 3. The molecular weight excluding hydrogens is 618 g/mol. The van der Waals surface area contributed by atoms with Gasteiger partial charge in [-0.3, -0.25) is 14.4 Å². The molecule has 0 saturated carbocycles. The van der Waals surface area contributed by atoms with Crippen molar-refractivity contribution in [2.45, 2.75) is 58.8 Å². The van der Waals surface area contributed by atoms with Crippen molar-refractivity contribution in [2.75, 3.05) is 26.3 Å². The lowest BCUT2D eigenvalue weighted by molar-refractivity contribution is -0.144. The summed E-state index contributed by atoms with van der Waals surface area (Å²) in [5, 5.41) is 16.1. The van der Waals surface area contributed by atoms with Gasteiger partial charge in [-0.1, -0.05) is 45.0 Å². The predicted molar refractivity (Wildman–Crippen MR) is 175 cm³/mol. The van der Waals surface area contributed by atoms with Crippen LogP contribution in [0.4, 0.5) is 0 Å². The van der Waals surface area contributed by atoms with Crippen LogP contribution < -0.4 is 25.8 Å². The Morgan fingerprint density at radius 2 is 1.73 bits per heavy atom. The third kappa shape index (κ3) is 9.64. The topological polar surface area (TPSA) is 156 Å². The molecule has 2 heterocycles. The normalized spacial score (nSPS) is 16.8. The lowest BCUT2D eigenvalue weighted by Gasteiger charge is -2.35. The van der Waals surface area contributed by atoms with Gasteiger partial charge < -0.3 is 35.8 Å². The Kier molecular flexibility index (Phi) is 12.7. The molecule has 3 atom stereocenters. The van der Waals surface area contributed by atoms with Crippen LogP contribution in [0, 0.1) is 12.3 Å². The third-order valence-corrected chi connectivity index (χ3v) is 8.27. The fourth-order valence-corrected chi connectivity index (χ4v) is 5.75. The first-order chi connectivity index (χ1) is 21.0. The lowest BCUT2D eigenvalue weighted by atomic mass is 9.85. The molecule has 0 radical (unpaired) electrons. The molecule has 4 rings (SSSR count). The van der Waals surface area contributed by atoms with E-state index < -0.39 is 35.4 Å². The van der Waals surface area contributed by atoms with Gasteiger partial charge in [-0.05, 0) is 47.7 Å². The minimum atomic E-state index is -0.950. The Morgan fingerprint density at radius 1 is 1.09 bits per heavy atom. The van der Waals surface area contributed by atoms with Crippen LogP contribution >= 0.6 is 23.7 Å². The average molecular weight is 660 g/mol. The third-order valence-electron chi connectivity index (χ3n) is 7.29. The number of amides is 3. The van der Waals surface area contributed by atoms with Crippen LogP contribution in [0.15, 0.2) is 54.0 Å². The van der Waals surface area contributed by atoms with Crippen molar-refractivity contribution >= 4 is 41.5 Å². The SMILES string of the molecule is Cc1ncsc1-c1ccc(CNC(=O)C2CC(O)CN2C(=O)C(NC(=O)COc2ccc(OCCN)cc2)C(C)(C)C)cc1.Cl. The number of ether oxygens (including phenoxy) is 2. The van der Waals surface area contributed by atoms with E-state index in [1.165, 1.54) is 4.90 Å². The second kappa shape index (κ2) is 16.0. The van der Waals surface area contributed by atoms with Crippen LogP contribution in [-0.4, -0.2) is 77.2 Å². The van der Waals surface area contributed by atoms with Crippen molar-refractivity contribution < 1.29 is 29.0 Å². The molecule has 2 aromatic carbocycles. The summed E-state index contributed by atoms with van der Waals surface area (Å²) in [5.74, 6) is -0.185. The van der Waals surface area contributed by atoms with Crippen LogP contribution in [0.1, 0.15) is 38.4 Å². The van der Waals surface area contributed by atoms with E-state index in [1.807, 2.05) is 57.5 Å². The van der Waals surface area contributed by atoms with E-state index in [4.69, 9.17) is 15.2 Å². The number of aryl methyl sites for hydroxylation is 1. The molecule has 0 aliphatic carbocycles. The number of aliphatic hydroxyl groups excluding tert-OH is 1. The zero-order valence-electron chi connectivity index (χ0n) is 25.9. The number of aliphatic hydroxyl groups is 1. The number of β-amino-alcohol motifs (C(OH)–C–C–N with tert-alkyl or cyclic N) is 1. The number of aromatic nitrogens is 1. The van der Waals surface area contributed by atoms with E-state index in [0.29, 0.717) is 24.7 Å². The molecule has 11 nitrogen and oxygen atoms in total. The van der Waals surface area contributed by atoms with Crippen LogP contribution in [-0.2, 0) is 20.9 Å². The van der Waals surface area contributed by atoms with Gasteiger partial charge in [0.05, 0.1) is 22.2 Å². The molecule has 1 aromatic heterocycles. The molecule has 5 N–H and O–H groups in total. The van der Waals surface area contributed by atoms with Crippen LogP contribution in [0.3, 0.4) is 0 Å². The molecule has 1 aliphatic heterocycles. The van der Waals surface area contributed by atoms with Gasteiger partial charge in [0.1, 0.15) is 30.2 Å². The summed E-state index contributed by atoms with van der Waals surface area (Å²) in [5.41, 5.74) is 9.51. The second-order valence-corrected chi connectivity index (χ2v) is 12.7. The highest BCUT2D eigenvalue weighted by atomic mass is 35.5. The van der Waals surface area contributed by atoms with Crippen LogP contribution in [0.2, 0.25) is 0 Å². The van der Waals surface area contributed by atoms with Crippen molar-refractivity contribution in [3.8, 4) is 21.9 Å². The molecule has 0 bridgehead atoms. The number of nitrogens with one attached hydrogen (secondary N) is 2. The highest BCUT2D eigenvalue weighted by Crippen LogP contribution is 2.28. The van der Waals surface area contributed by atoms with Gasteiger partial charge in [0.25, 0.3) is 5.91 Å². The van der Waals surface area contributed by atoms with Crippen molar-refractivity contribution in [2.24, 2.45) is 11.1 Å². The van der Waals surface area contributed by atoms with Crippen molar-refractivity contribution in [3.05, 3.63) is 65.3 Å². The zero-order valence-corrected chi connectivity index (χ0v) is 27.6. The Bertz CT molecular complexity index is 1430. The number of halogens is 1. The first-order valence-corrected chi connectivity index (χ1v) is 15.4. The molecule has 3 unspecified atom stereocenters. The highest BCUT2D eigenvalue weighted by Gasteiger charge is 2.44. The quantitative estimate of drug-likeness (QED) is 0.231. The minimum absolute atomic E-state index is 0.